The molecular weight excluding hydrogens is 244 g/mol. The van der Waals surface area contributed by atoms with Gasteiger partial charge in [0.1, 0.15) is 17.3 Å². The summed E-state index contributed by atoms with van der Waals surface area (Å²) >= 11 is 0. The second kappa shape index (κ2) is 6.68. The van der Waals surface area contributed by atoms with Crippen molar-refractivity contribution in [2.45, 2.75) is 20.4 Å². The number of nitrogens with zero attached hydrogens (tertiary/aromatic N) is 1. The molecule has 1 aromatic carbocycles. The fourth-order valence-corrected chi connectivity index (χ4v) is 1.70. The molecule has 0 atom stereocenters. The van der Waals surface area contributed by atoms with Gasteiger partial charge in [-0.15, -0.1) is 0 Å². The van der Waals surface area contributed by atoms with Gasteiger partial charge in [0, 0.05) is 6.07 Å². The van der Waals surface area contributed by atoms with Crippen LogP contribution in [0, 0.1) is 0 Å². The van der Waals surface area contributed by atoms with E-state index >= 15 is 0 Å². The molecular formula is C14H18N2O3. The Morgan fingerprint density at radius 2 is 2.05 bits per heavy atom. The Kier molecular flexibility index (Phi) is 4.66. The van der Waals surface area contributed by atoms with Gasteiger partial charge in [0.15, 0.2) is 6.39 Å². The van der Waals surface area contributed by atoms with Crippen molar-refractivity contribution in [2.75, 3.05) is 18.5 Å². The van der Waals surface area contributed by atoms with Crippen LogP contribution in [0.4, 0.5) is 5.69 Å². The van der Waals surface area contributed by atoms with Crippen LogP contribution in [0.1, 0.15) is 19.6 Å². The average molecular weight is 262 g/mol. The van der Waals surface area contributed by atoms with Gasteiger partial charge in [-0.1, -0.05) is 0 Å². The molecule has 1 N–H and O–H groups in total. The predicted molar refractivity (Wildman–Crippen MR) is 72.6 cm³/mol. The Balaban J connectivity index is 2.11. The number of benzene rings is 1. The van der Waals surface area contributed by atoms with E-state index in [0.29, 0.717) is 19.8 Å². The SMILES string of the molecule is CCOc1ccc(OCC)c(NCc2cnco2)c1. The number of nitrogens with one attached hydrogen (secondary N) is 1. The van der Waals surface area contributed by atoms with Gasteiger partial charge in [0.05, 0.1) is 31.6 Å². The lowest BCUT2D eigenvalue weighted by Gasteiger charge is -2.13. The van der Waals surface area contributed by atoms with Crippen LogP contribution in [-0.4, -0.2) is 18.2 Å². The molecule has 102 valence electrons. The quantitative estimate of drug-likeness (QED) is 0.831. The fraction of sp³-hybridized carbons (Fsp3) is 0.357. The molecule has 0 saturated carbocycles. The van der Waals surface area contributed by atoms with Gasteiger partial charge < -0.3 is 19.2 Å². The van der Waals surface area contributed by atoms with Crippen LogP contribution in [0.15, 0.2) is 35.2 Å². The highest BCUT2D eigenvalue weighted by atomic mass is 16.5. The number of anilines is 1. The summed E-state index contributed by atoms with van der Waals surface area (Å²) in [4.78, 5) is 3.88. The van der Waals surface area contributed by atoms with E-state index < -0.39 is 0 Å². The van der Waals surface area contributed by atoms with Crippen molar-refractivity contribution in [3.8, 4) is 11.5 Å². The van der Waals surface area contributed by atoms with Gasteiger partial charge in [-0.3, -0.25) is 0 Å². The highest BCUT2D eigenvalue weighted by molar-refractivity contribution is 5.59. The lowest BCUT2D eigenvalue weighted by Crippen LogP contribution is -2.03. The standard InChI is InChI=1S/C14H18N2O3/c1-3-17-11-5-6-14(18-4-2)13(7-11)16-9-12-8-15-10-19-12/h5-8,10,16H,3-4,9H2,1-2H3. The minimum Gasteiger partial charge on any atom is -0.494 e. The first kappa shape index (κ1) is 13.3. The Morgan fingerprint density at radius 3 is 2.74 bits per heavy atom. The van der Waals surface area contributed by atoms with Crippen LogP contribution in [0.3, 0.4) is 0 Å². The second-order valence-electron chi connectivity index (χ2n) is 3.85. The van der Waals surface area contributed by atoms with E-state index in [0.717, 1.165) is 22.9 Å². The third-order valence-electron chi connectivity index (χ3n) is 2.50. The van der Waals surface area contributed by atoms with Gasteiger partial charge in [-0.25, -0.2) is 4.98 Å². The molecule has 2 aromatic rings. The molecule has 5 heteroatoms. The topological polar surface area (TPSA) is 56.5 Å². The molecule has 0 saturated heterocycles. The maximum Gasteiger partial charge on any atom is 0.180 e. The molecule has 5 nitrogen and oxygen atoms in total. The molecule has 1 heterocycles. The van der Waals surface area contributed by atoms with E-state index in [1.54, 1.807) is 6.20 Å². The fourth-order valence-electron chi connectivity index (χ4n) is 1.70. The van der Waals surface area contributed by atoms with Crippen LogP contribution in [0.2, 0.25) is 0 Å². The van der Waals surface area contributed by atoms with Crippen molar-refractivity contribution in [1.29, 1.82) is 0 Å². The summed E-state index contributed by atoms with van der Waals surface area (Å²) in [7, 11) is 0. The van der Waals surface area contributed by atoms with Gasteiger partial charge >= 0.3 is 0 Å². The highest BCUT2D eigenvalue weighted by Crippen LogP contribution is 2.29. The van der Waals surface area contributed by atoms with E-state index in [4.69, 9.17) is 13.9 Å². The van der Waals surface area contributed by atoms with Gasteiger partial charge in [-0.05, 0) is 26.0 Å². The summed E-state index contributed by atoms with van der Waals surface area (Å²) in [6, 6.07) is 5.72. The van der Waals surface area contributed by atoms with Crippen LogP contribution in [0.5, 0.6) is 11.5 Å². The molecule has 0 aliphatic rings. The van der Waals surface area contributed by atoms with Crippen molar-refractivity contribution in [2.24, 2.45) is 0 Å². The smallest absolute Gasteiger partial charge is 0.180 e. The largest absolute Gasteiger partial charge is 0.494 e. The third-order valence-corrected chi connectivity index (χ3v) is 2.50. The van der Waals surface area contributed by atoms with Gasteiger partial charge in [0.25, 0.3) is 0 Å². The zero-order chi connectivity index (χ0) is 13.5. The molecule has 19 heavy (non-hydrogen) atoms. The molecule has 0 bridgehead atoms. The Morgan fingerprint density at radius 1 is 1.21 bits per heavy atom. The maximum atomic E-state index is 5.58. The van der Waals surface area contributed by atoms with Crippen LogP contribution in [-0.2, 0) is 6.54 Å². The molecule has 0 aliphatic heterocycles. The summed E-state index contributed by atoms with van der Waals surface area (Å²) in [5.41, 5.74) is 0.879. The maximum absolute atomic E-state index is 5.58. The lowest BCUT2D eigenvalue weighted by molar-refractivity contribution is 0.331. The van der Waals surface area contributed by atoms with Crippen molar-refractivity contribution in [3.63, 3.8) is 0 Å². The van der Waals surface area contributed by atoms with Gasteiger partial charge in [-0.2, -0.15) is 0 Å². The Labute approximate surface area is 112 Å². The molecule has 2 rings (SSSR count). The third kappa shape index (κ3) is 3.64. The number of aromatic nitrogens is 1. The minimum absolute atomic E-state index is 0.551. The molecule has 1 aromatic heterocycles. The number of rotatable bonds is 7. The molecule has 0 fully saturated rings. The predicted octanol–water partition coefficient (Wildman–Crippen LogP) is 3.08. The number of ether oxygens (including phenoxy) is 2. The van der Waals surface area contributed by atoms with Crippen LogP contribution >= 0.6 is 0 Å². The summed E-state index contributed by atoms with van der Waals surface area (Å²) in [6.45, 7) is 5.71. The van der Waals surface area contributed by atoms with Crippen molar-refractivity contribution in [1.82, 2.24) is 4.98 Å². The Hall–Kier alpha value is -2.17. The molecule has 0 spiro atoms. The zero-order valence-corrected chi connectivity index (χ0v) is 11.2. The molecule has 0 amide bonds. The van der Waals surface area contributed by atoms with Crippen molar-refractivity contribution in [3.05, 3.63) is 36.5 Å². The van der Waals surface area contributed by atoms with E-state index in [1.807, 2.05) is 32.0 Å². The van der Waals surface area contributed by atoms with E-state index in [2.05, 4.69) is 10.3 Å². The number of hydrogen-bond donors (Lipinski definition) is 1. The second-order valence-corrected chi connectivity index (χ2v) is 3.85. The van der Waals surface area contributed by atoms with Crippen LogP contribution in [0.25, 0.3) is 0 Å². The van der Waals surface area contributed by atoms with E-state index in [1.165, 1.54) is 6.39 Å². The Bertz CT molecular complexity index is 497. The first-order valence-corrected chi connectivity index (χ1v) is 6.34. The summed E-state index contributed by atoms with van der Waals surface area (Å²) in [5, 5.41) is 3.26. The summed E-state index contributed by atoms with van der Waals surface area (Å²) < 4.78 is 16.2. The monoisotopic (exact) mass is 262 g/mol. The van der Waals surface area contributed by atoms with E-state index in [-0.39, 0.29) is 0 Å². The van der Waals surface area contributed by atoms with Gasteiger partial charge in [0.2, 0.25) is 0 Å². The minimum atomic E-state index is 0.551. The zero-order valence-electron chi connectivity index (χ0n) is 11.2. The normalized spacial score (nSPS) is 10.2. The first-order valence-electron chi connectivity index (χ1n) is 6.34. The highest BCUT2D eigenvalue weighted by Gasteiger charge is 2.06. The molecule has 0 aliphatic carbocycles. The average Bonchev–Trinajstić information content (AvgIpc) is 2.92. The summed E-state index contributed by atoms with van der Waals surface area (Å²) in [6.07, 6.45) is 3.09. The summed E-state index contributed by atoms with van der Waals surface area (Å²) in [5.74, 6) is 2.38. The number of hydrogen-bond acceptors (Lipinski definition) is 5. The first-order chi connectivity index (χ1) is 9.33. The number of oxazole rings is 1. The van der Waals surface area contributed by atoms with Crippen molar-refractivity contribution >= 4 is 5.69 Å². The lowest BCUT2D eigenvalue weighted by atomic mass is 10.2. The molecule has 0 unspecified atom stereocenters. The van der Waals surface area contributed by atoms with E-state index in [9.17, 15) is 0 Å². The molecule has 0 radical (unpaired) electrons. The van der Waals surface area contributed by atoms with Crippen molar-refractivity contribution < 1.29 is 13.9 Å². The van der Waals surface area contributed by atoms with Crippen LogP contribution < -0.4 is 14.8 Å².